The van der Waals surface area contributed by atoms with Gasteiger partial charge in [0.15, 0.2) is 0 Å². The molecule has 1 aromatic rings. The van der Waals surface area contributed by atoms with E-state index in [2.05, 4.69) is 12.2 Å². The summed E-state index contributed by atoms with van der Waals surface area (Å²) in [5.41, 5.74) is 0. The fourth-order valence-corrected chi connectivity index (χ4v) is 1.50. The number of nitrogens with zero attached hydrogens (tertiary/aromatic N) is 1. The Morgan fingerprint density at radius 2 is 2.46 bits per heavy atom. The van der Waals surface area contributed by atoms with Crippen molar-refractivity contribution in [3.63, 3.8) is 0 Å². The Morgan fingerprint density at radius 3 is 2.85 bits per heavy atom. The summed E-state index contributed by atoms with van der Waals surface area (Å²) in [7, 11) is 0. The first-order valence-electron chi connectivity index (χ1n) is 3.29. The van der Waals surface area contributed by atoms with E-state index in [1.165, 1.54) is 11.3 Å². The number of rotatable bonds is 2. The van der Waals surface area contributed by atoms with Crippen molar-refractivity contribution in [3.05, 3.63) is 29.3 Å². The number of thiophene rings is 1. The molecule has 1 heterocycles. The maximum absolute atomic E-state index is 10.5. The van der Waals surface area contributed by atoms with Crippen molar-refractivity contribution in [2.45, 2.75) is 6.04 Å². The quantitative estimate of drug-likeness (QED) is 0.821. The first-order valence-corrected chi connectivity index (χ1v) is 4.17. The number of carbonyl (C=O) groups is 1. The summed E-state index contributed by atoms with van der Waals surface area (Å²) in [6.07, 6.45) is 0. The summed E-state index contributed by atoms with van der Waals surface area (Å²) in [6.45, 7) is 3.14. The van der Waals surface area contributed by atoms with Crippen LogP contribution in [0.3, 0.4) is 0 Å². The van der Waals surface area contributed by atoms with Crippen LogP contribution < -0.4 is 5.32 Å². The zero-order valence-corrected chi connectivity index (χ0v) is 10.5. The Kier molecular flexibility index (Phi) is 5.97. The van der Waals surface area contributed by atoms with Gasteiger partial charge in [0.2, 0.25) is 0 Å². The van der Waals surface area contributed by atoms with Gasteiger partial charge >= 0.3 is 32.7 Å². The molecule has 1 rings (SSSR count). The Balaban J connectivity index is 0.00000144. The minimum absolute atomic E-state index is 0. The van der Waals surface area contributed by atoms with Gasteiger partial charge in [0, 0.05) is 4.88 Å². The molecule has 0 aromatic carbocycles. The molecule has 62 valence electrons. The van der Waals surface area contributed by atoms with Crippen molar-refractivity contribution in [3.8, 4) is 6.07 Å². The second-order valence-corrected chi connectivity index (χ2v) is 3.12. The molecule has 0 saturated heterocycles. The van der Waals surface area contributed by atoms with Crippen molar-refractivity contribution >= 4 is 17.2 Å². The molecule has 1 unspecified atom stereocenters. The minimum Gasteiger partial charge on any atom is -0.361 e. The van der Waals surface area contributed by atoms with Gasteiger partial charge in [-0.1, -0.05) is 6.07 Å². The Bertz CT molecular complexity index is 304. The van der Waals surface area contributed by atoms with E-state index in [0.717, 1.165) is 4.88 Å². The van der Waals surface area contributed by atoms with Crippen LogP contribution in [0.25, 0.3) is 0 Å². The summed E-state index contributed by atoms with van der Waals surface area (Å²) < 4.78 is 0. The molecular weight excluding hydrogens is 261 g/mol. The monoisotopic (exact) mass is 268 g/mol. The van der Waals surface area contributed by atoms with Crippen molar-refractivity contribution in [1.29, 1.82) is 5.26 Å². The van der Waals surface area contributed by atoms with Gasteiger partial charge in [0.25, 0.3) is 0 Å². The van der Waals surface area contributed by atoms with Crippen LogP contribution in [-0.4, -0.2) is 5.91 Å². The van der Waals surface area contributed by atoms with Crippen LogP contribution in [-0.2, 0) is 37.5 Å². The standard InChI is InChI=1S/C8H7N2OS.Y/c1-6(11)10-7(5-9)8-3-2-4-12-8;/h2-4,7H,1H2,(H,10,11);/q-1;+3. The van der Waals surface area contributed by atoms with E-state index < -0.39 is 11.9 Å². The average Bonchev–Trinajstić information content (AvgIpc) is 2.51. The normalized spacial score (nSPS) is 10.7. The molecule has 0 bridgehead atoms. The van der Waals surface area contributed by atoms with Crippen molar-refractivity contribution in [1.82, 2.24) is 5.32 Å². The summed E-state index contributed by atoms with van der Waals surface area (Å²) in [4.78, 5) is 11.4. The smallest absolute Gasteiger partial charge is 0.361 e. The molecule has 1 amide bonds. The van der Waals surface area contributed by atoms with E-state index in [0.29, 0.717) is 0 Å². The van der Waals surface area contributed by atoms with E-state index in [1.807, 2.05) is 17.5 Å². The molecule has 0 radical (unpaired) electrons. The molecule has 0 aliphatic carbocycles. The van der Waals surface area contributed by atoms with E-state index in [-0.39, 0.29) is 32.7 Å². The predicted molar refractivity (Wildman–Crippen MR) is 46.2 cm³/mol. The van der Waals surface area contributed by atoms with Crippen LogP contribution in [0.2, 0.25) is 0 Å². The fourth-order valence-electron chi connectivity index (χ4n) is 0.784. The number of hydrogen-bond acceptors (Lipinski definition) is 3. The topological polar surface area (TPSA) is 52.9 Å². The molecule has 0 spiro atoms. The number of nitriles is 1. The third kappa shape index (κ3) is 3.90. The second-order valence-electron chi connectivity index (χ2n) is 2.15. The van der Waals surface area contributed by atoms with E-state index in [1.54, 1.807) is 6.07 Å². The van der Waals surface area contributed by atoms with Gasteiger partial charge in [-0.3, -0.25) is 0 Å². The summed E-state index contributed by atoms with van der Waals surface area (Å²) in [5.74, 6) is -0.435. The maximum atomic E-state index is 10.5. The van der Waals surface area contributed by atoms with Crippen molar-refractivity contribution < 1.29 is 37.5 Å². The van der Waals surface area contributed by atoms with Gasteiger partial charge in [-0.2, -0.15) is 5.26 Å². The number of nitrogens with one attached hydrogen (secondary N) is 1. The summed E-state index contributed by atoms with van der Waals surface area (Å²) in [6, 6.07) is 5.05. The van der Waals surface area contributed by atoms with Gasteiger partial charge < -0.3 is 17.0 Å². The number of hydrogen-bond donors (Lipinski definition) is 1. The maximum Gasteiger partial charge on any atom is 3.00 e. The Labute approximate surface area is 106 Å². The van der Waals surface area contributed by atoms with Gasteiger partial charge in [-0.25, -0.2) is 0 Å². The van der Waals surface area contributed by atoms with Crippen LogP contribution in [0.1, 0.15) is 10.9 Å². The molecule has 0 fully saturated rings. The molecule has 1 atom stereocenters. The largest absolute Gasteiger partial charge is 3.00 e. The first kappa shape index (κ1) is 12.6. The minimum atomic E-state index is -0.560. The van der Waals surface area contributed by atoms with Gasteiger partial charge in [0.05, 0.1) is 12.0 Å². The van der Waals surface area contributed by atoms with Crippen LogP contribution in [0.15, 0.2) is 17.5 Å². The average molecular weight is 268 g/mol. The molecule has 13 heavy (non-hydrogen) atoms. The SMILES string of the molecule is [CH2-]C(=O)NC(C#N)c1cccs1.[Y+3]. The molecule has 1 aromatic heterocycles. The summed E-state index contributed by atoms with van der Waals surface area (Å²) >= 11 is 1.43. The predicted octanol–water partition coefficient (Wildman–Crippen LogP) is 1.26. The Morgan fingerprint density at radius 1 is 1.77 bits per heavy atom. The molecule has 0 saturated carbocycles. The third-order valence-electron chi connectivity index (χ3n) is 1.26. The van der Waals surface area contributed by atoms with Crippen molar-refractivity contribution in [2.75, 3.05) is 0 Å². The molecule has 1 N–H and O–H groups in total. The van der Waals surface area contributed by atoms with Crippen LogP contribution in [0.4, 0.5) is 0 Å². The summed E-state index contributed by atoms with van der Waals surface area (Å²) in [5, 5.41) is 12.9. The van der Waals surface area contributed by atoms with Crippen molar-refractivity contribution in [2.24, 2.45) is 0 Å². The fraction of sp³-hybridized carbons (Fsp3) is 0.125. The van der Waals surface area contributed by atoms with E-state index >= 15 is 0 Å². The third-order valence-corrected chi connectivity index (χ3v) is 2.20. The molecule has 0 aliphatic rings. The van der Waals surface area contributed by atoms with Crippen LogP contribution >= 0.6 is 11.3 Å². The first-order chi connectivity index (χ1) is 5.74. The zero-order valence-electron chi connectivity index (χ0n) is 6.86. The number of carbonyl (C=O) groups excluding carboxylic acids is 1. The second kappa shape index (κ2) is 6.14. The van der Waals surface area contributed by atoms with Gasteiger partial charge in [0.1, 0.15) is 6.04 Å². The van der Waals surface area contributed by atoms with Gasteiger partial charge in [-0.15, -0.1) is 11.3 Å². The molecule has 3 nitrogen and oxygen atoms in total. The van der Waals surface area contributed by atoms with Gasteiger partial charge in [-0.05, 0) is 11.4 Å². The molecule has 0 aliphatic heterocycles. The Hall–Kier alpha value is -0.366. The molecular formula is C8H7N2OSY+2. The van der Waals surface area contributed by atoms with E-state index in [4.69, 9.17) is 5.26 Å². The van der Waals surface area contributed by atoms with E-state index in [9.17, 15) is 4.79 Å². The van der Waals surface area contributed by atoms with Crippen LogP contribution in [0.5, 0.6) is 0 Å². The zero-order chi connectivity index (χ0) is 8.97. The van der Waals surface area contributed by atoms with Crippen LogP contribution in [0, 0.1) is 18.3 Å². The molecule has 5 heteroatoms. The number of amides is 1.